The van der Waals surface area contributed by atoms with Gasteiger partial charge in [0.1, 0.15) is 23.3 Å². The first-order valence-electron chi connectivity index (χ1n) is 11.3. The molecule has 7 nitrogen and oxygen atoms in total. The molecule has 2 aromatic rings. The van der Waals surface area contributed by atoms with Crippen LogP contribution >= 0.6 is 0 Å². The summed E-state index contributed by atoms with van der Waals surface area (Å²) in [6.45, 7) is 7.98. The number of benzene rings is 2. The molecule has 0 bridgehead atoms. The number of carbonyl (C=O) groups excluding carboxylic acids is 2. The predicted octanol–water partition coefficient (Wildman–Crippen LogP) is 4.11. The number of rotatable bonds is 12. The van der Waals surface area contributed by atoms with Gasteiger partial charge in [0, 0.05) is 30.8 Å². The Kier molecular flexibility index (Phi) is 10.0. The van der Waals surface area contributed by atoms with Crippen molar-refractivity contribution in [3.05, 3.63) is 53.6 Å². The Labute approximate surface area is 197 Å². The van der Waals surface area contributed by atoms with Crippen LogP contribution in [0.5, 0.6) is 17.2 Å². The lowest BCUT2D eigenvalue weighted by atomic mass is 10.1. The molecule has 0 radical (unpaired) electrons. The average Bonchev–Trinajstić information content (AvgIpc) is 2.83. The number of nitrogens with one attached hydrogen (secondary N) is 1. The summed E-state index contributed by atoms with van der Waals surface area (Å²) in [5, 5.41) is 3.01. The maximum absolute atomic E-state index is 13.4. The van der Waals surface area contributed by atoms with Gasteiger partial charge in [-0.1, -0.05) is 38.1 Å². The standard InChI is InChI=1S/C26H36N2O5/c1-7-19(4)27-26(30)24(8-2)28(16-20-12-10-9-11-18(20)3)25(29)17-33-23-14-21(31-5)13-22(15-23)32-6/h9-15,19,24H,7-8,16-17H2,1-6H3,(H,27,30)/t19-,24+/m0/s1. The van der Waals surface area contributed by atoms with Crippen molar-refractivity contribution in [1.29, 1.82) is 0 Å². The molecule has 2 aromatic carbocycles. The lowest BCUT2D eigenvalue weighted by Gasteiger charge is -2.31. The molecule has 7 heteroatoms. The fraction of sp³-hybridized carbons (Fsp3) is 0.462. The van der Waals surface area contributed by atoms with Crippen LogP contribution in [0.25, 0.3) is 0 Å². The number of aryl methyl sites for hydroxylation is 1. The zero-order valence-corrected chi connectivity index (χ0v) is 20.5. The van der Waals surface area contributed by atoms with Crippen molar-refractivity contribution >= 4 is 11.8 Å². The molecule has 180 valence electrons. The van der Waals surface area contributed by atoms with Gasteiger partial charge < -0.3 is 24.4 Å². The first kappa shape index (κ1) is 26.0. The molecule has 0 spiro atoms. The second-order valence-corrected chi connectivity index (χ2v) is 8.03. The summed E-state index contributed by atoms with van der Waals surface area (Å²) in [5.74, 6) is 1.15. The first-order chi connectivity index (χ1) is 15.8. The van der Waals surface area contributed by atoms with E-state index >= 15 is 0 Å². The highest BCUT2D eigenvalue weighted by Crippen LogP contribution is 2.27. The molecule has 0 aliphatic rings. The Morgan fingerprint density at radius 2 is 1.58 bits per heavy atom. The van der Waals surface area contributed by atoms with Crippen molar-refractivity contribution in [3.8, 4) is 17.2 Å². The summed E-state index contributed by atoms with van der Waals surface area (Å²) in [6.07, 6.45) is 1.31. The van der Waals surface area contributed by atoms with Crippen molar-refractivity contribution in [3.63, 3.8) is 0 Å². The summed E-state index contributed by atoms with van der Waals surface area (Å²) < 4.78 is 16.3. The third-order valence-electron chi connectivity index (χ3n) is 5.68. The van der Waals surface area contributed by atoms with Gasteiger partial charge >= 0.3 is 0 Å². The van der Waals surface area contributed by atoms with Gasteiger partial charge in [-0.15, -0.1) is 0 Å². The van der Waals surface area contributed by atoms with Gasteiger partial charge in [-0.05, 0) is 37.8 Å². The van der Waals surface area contributed by atoms with Crippen LogP contribution in [0.3, 0.4) is 0 Å². The molecule has 0 aliphatic carbocycles. The van der Waals surface area contributed by atoms with Gasteiger partial charge in [-0.3, -0.25) is 9.59 Å². The molecule has 2 amide bonds. The fourth-order valence-corrected chi connectivity index (χ4v) is 3.42. The summed E-state index contributed by atoms with van der Waals surface area (Å²) in [7, 11) is 3.10. The molecule has 0 aromatic heterocycles. The number of nitrogens with zero attached hydrogens (tertiary/aromatic N) is 1. The Balaban J connectivity index is 2.27. The molecule has 0 saturated heterocycles. The highest BCUT2D eigenvalue weighted by molar-refractivity contribution is 5.88. The molecule has 33 heavy (non-hydrogen) atoms. The van der Waals surface area contributed by atoms with Crippen molar-refractivity contribution in [2.75, 3.05) is 20.8 Å². The minimum Gasteiger partial charge on any atom is -0.496 e. The number of ether oxygens (including phenoxy) is 3. The molecule has 2 atom stereocenters. The lowest BCUT2D eigenvalue weighted by Crippen LogP contribution is -2.51. The van der Waals surface area contributed by atoms with Crippen LogP contribution in [-0.2, 0) is 16.1 Å². The predicted molar refractivity (Wildman–Crippen MR) is 129 cm³/mol. The van der Waals surface area contributed by atoms with Crippen LogP contribution in [0.4, 0.5) is 0 Å². The third kappa shape index (κ3) is 7.41. The molecule has 2 rings (SSSR count). The van der Waals surface area contributed by atoms with Crippen LogP contribution in [0, 0.1) is 6.92 Å². The number of amides is 2. The van der Waals surface area contributed by atoms with E-state index < -0.39 is 6.04 Å². The van der Waals surface area contributed by atoms with Crippen LogP contribution in [0.1, 0.15) is 44.7 Å². The van der Waals surface area contributed by atoms with Crippen LogP contribution in [0.15, 0.2) is 42.5 Å². The van der Waals surface area contributed by atoms with Gasteiger partial charge in [-0.2, -0.15) is 0 Å². The zero-order chi connectivity index (χ0) is 24.4. The van der Waals surface area contributed by atoms with Gasteiger partial charge in [0.25, 0.3) is 5.91 Å². The minimum atomic E-state index is -0.602. The van der Waals surface area contributed by atoms with Crippen LogP contribution in [-0.4, -0.2) is 49.6 Å². The molecular weight excluding hydrogens is 420 g/mol. The van der Waals surface area contributed by atoms with E-state index in [2.05, 4.69) is 5.32 Å². The number of hydrogen-bond donors (Lipinski definition) is 1. The normalized spacial score (nSPS) is 12.4. The molecule has 0 saturated carbocycles. The van der Waals surface area contributed by atoms with Crippen molar-refractivity contribution in [2.45, 2.75) is 59.2 Å². The van der Waals surface area contributed by atoms with E-state index in [0.717, 1.165) is 17.5 Å². The Hall–Kier alpha value is -3.22. The second-order valence-electron chi connectivity index (χ2n) is 8.03. The van der Waals surface area contributed by atoms with Crippen molar-refractivity contribution < 1.29 is 23.8 Å². The van der Waals surface area contributed by atoms with Crippen LogP contribution < -0.4 is 19.5 Å². The Bertz CT molecular complexity index is 908. The minimum absolute atomic E-state index is 0.0301. The van der Waals surface area contributed by atoms with Gasteiger partial charge in [-0.25, -0.2) is 0 Å². The number of methoxy groups -OCH3 is 2. The summed E-state index contributed by atoms with van der Waals surface area (Å²) >= 11 is 0. The molecule has 0 unspecified atom stereocenters. The monoisotopic (exact) mass is 456 g/mol. The van der Waals surface area contributed by atoms with E-state index in [1.807, 2.05) is 52.0 Å². The first-order valence-corrected chi connectivity index (χ1v) is 11.3. The van der Waals surface area contributed by atoms with E-state index in [0.29, 0.717) is 30.2 Å². The van der Waals surface area contributed by atoms with E-state index in [1.165, 1.54) is 0 Å². The fourth-order valence-electron chi connectivity index (χ4n) is 3.42. The topological polar surface area (TPSA) is 77.1 Å². The number of hydrogen-bond acceptors (Lipinski definition) is 5. The van der Waals surface area contributed by atoms with Gasteiger partial charge in [0.05, 0.1) is 14.2 Å². The zero-order valence-electron chi connectivity index (χ0n) is 20.5. The molecule has 0 fully saturated rings. The maximum Gasteiger partial charge on any atom is 0.261 e. The van der Waals surface area contributed by atoms with E-state index in [-0.39, 0.29) is 24.5 Å². The van der Waals surface area contributed by atoms with Crippen molar-refractivity contribution in [2.24, 2.45) is 0 Å². The molecule has 1 N–H and O–H groups in total. The number of carbonyl (C=O) groups is 2. The second kappa shape index (κ2) is 12.7. The van der Waals surface area contributed by atoms with Crippen molar-refractivity contribution in [1.82, 2.24) is 10.2 Å². The molecule has 0 heterocycles. The average molecular weight is 457 g/mol. The smallest absolute Gasteiger partial charge is 0.261 e. The highest BCUT2D eigenvalue weighted by atomic mass is 16.5. The highest BCUT2D eigenvalue weighted by Gasteiger charge is 2.29. The van der Waals surface area contributed by atoms with E-state index in [4.69, 9.17) is 14.2 Å². The molecular formula is C26H36N2O5. The maximum atomic E-state index is 13.4. The summed E-state index contributed by atoms with van der Waals surface area (Å²) in [5.41, 5.74) is 2.05. The van der Waals surface area contributed by atoms with Gasteiger partial charge in [0.2, 0.25) is 5.91 Å². The van der Waals surface area contributed by atoms with E-state index in [9.17, 15) is 9.59 Å². The lowest BCUT2D eigenvalue weighted by molar-refractivity contribution is -0.143. The third-order valence-corrected chi connectivity index (χ3v) is 5.68. The largest absolute Gasteiger partial charge is 0.496 e. The van der Waals surface area contributed by atoms with E-state index in [1.54, 1.807) is 37.3 Å². The molecule has 0 aliphatic heterocycles. The van der Waals surface area contributed by atoms with Crippen LogP contribution in [0.2, 0.25) is 0 Å². The SMILES string of the molecule is CC[C@H](C(=O)N[C@@H](C)CC)N(Cc1ccccc1C)C(=O)COc1cc(OC)cc(OC)c1. The Morgan fingerprint density at radius 1 is 0.970 bits per heavy atom. The summed E-state index contributed by atoms with van der Waals surface area (Å²) in [4.78, 5) is 28.0. The Morgan fingerprint density at radius 3 is 2.12 bits per heavy atom. The van der Waals surface area contributed by atoms with Gasteiger partial charge in [0.15, 0.2) is 6.61 Å². The quantitative estimate of drug-likeness (QED) is 0.520. The summed E-state index contributed by atoms with van der Waals surface area (Å²) in [6, 6.07) is 12.4.